The van der Waals surface area contributed by atoms with Crippen LogP contribution in [0.1, 0.15) is 24.5 Å². The number of aliphatic hydroxyl groups excluding tert-OH is 1. The third-order valence-electron chi connectivity index (χ3n) is 2.19. The fourth-order valence-corrected chi connectivity index (χ4v) is 1.32. The topological polar surface area (TPSA) is 42.4 Å². The van der Waals surface area contributed by atoms with E-state index in [4.69, 9.17) is 9.84 Å². The molecule has 1 aromatic heterocycles. The summed E-state index contributed by atoms with van der Waals surface area (Å²) in [6, 6.07) is 2.01. The minimum absolute atomic E-state index is 0.159. The molecule has 78 valence electrons. The van der Waals surface area contributed by atoms with E-state index in [0.717, 1.165) is 12.0 Å². The van der Waals surface area contributed by atoms with Gasteiger partial charge in [-0.25, -0.2) is 4.98 Å². The van der Waals surface area contributed by atoms with E-state index in [1.165, 1.54) is 5.56 Å². The zero-order chi connectivity index (χ0) is 10.4. The maximum Gasteiger partial charge on any atom is 0.216 e. The summed E-state index contributed by atoms with van der Waals surface area (Å²) in [5.41, 5.74) is 2.37. The summed E-state index contributed by atoms with van der Waals surface area (Å²) in [7, 11) is 0. The Balaban J connectivity index is 2.66. The van der Waals surface area contributed by atoms with E-state index < -0.39 is 0 Å². The van der Waals surface area contributed by atoms with E-state index in [-0.39, 0.29) is 6.61 Å². The first-order valence-corrected chi connectivity index (χ1v) is 4.97. The molecule has 0 fully saturated rings. The fourth-order valence-electron chi connectivity index (χ4n) is 1.32. The van der Waals surface area contributed by atoms with Crippen LogP contribution in [-0.2, 0) is 6.42 Å². The Hall–Kier alpha value is -1.09. The van der Waals surface area contributed by atoms with E-state index in [1.54, 1.807) is 6.20 Å². The summed E-state index contributed by atoms with van der Waals surface area (Å²) in [6.45, 7) is 4.81. The number of nitrogens with zero attached hydrogens (tertiary/aromatic N) is 1. The molecule has 0 amide bonds. The van der Waals surface area contributed by atoms with Crippen molar-refractivity contribution in [2.45, 2.75) is 26.7 Å². The van der Waals surface area contributed by atoms with Crippen LogP contribution in [-0.4, -0.2) is 23.3 Å². The van der Waals surface area contributed by atoms with Gasteiger partial charge >= 0.3 is 0 Å². The van der Waals surface area contributed by atoms with Gasteiger partial charge in [-0.1, -0.05) is 6.92 Å². The van der Waals surface area contributed by atoms with Gasteiger partial charge in [0.05, 0.1) is 6.61 Å². The van der Waals surface area contributed by atoms with Crippen LogP contribution in [0, 0.1) is 6.92 Å². The molecule has 14 heavy (non-hydrogen) atoms. The third-order valence-corrected chi connectivity index (χ3v) is 2.19. The first-order valence-electron chi connectivity index (χ1n) is 4.97. The number of aryl methyl sites for hydroxylation is 1. The summed E-state index contributed by atoms with van der Waals surface area (Å²) in [4.78, 5) is 4.15. The molecule has 0 radical (unpaired) electrons. The Morgan fingerprint density at radius 2 is 2.29 bits per heavy atom. The number of rotatable bonds is 5. The first-order chi connectivity index (χ1) is 6.79. The SMILES string of the molecule is CCc1ccnc(OCCCO)c1C. The maximum absolute atomic E-state index is 8.61. The highest BCUT2D eigenvalue weighted by atomic mass is 16.5. The molecule has 1 N–H and O–H groups in total. The molecule has 1 aromatic rings. The fraction of sp³-hybridized carbons (Fsp3) is 0.545. The molecule has 0 spiro atoms. The molecule has 0 aliphatic heterocycles. The van der Waals surface area contributed by atoms with Crippen molar-refractivity contribution in [2.75, 3.05) is 13.2 Å². The van der Waals surface area contributed by atoms with Gasteiger partial charge < -0.3 is 9.84 Å². The molecule has 3 heteroatoms. The lowest BCUT2D eigenvalue weighted by molar-refractivity contribution is 0.228. The summed E-state index contributed by atoms with van der Waals surface area (Å²) in [5.74, 6) is 0.692. The summed E-state index contributed by atoms with van der Waals surface area (Å²) < 4.78 is 5.45. The molecule has 0 saturated carbocycles. The molecule has 1 rings (SSSR count). The van der Waals surface area contributed by atoms with E-state index in [1.807, 2.05) is 13.0 Å². The van der Waals surface area contributed by atoms with Crippen molar-refractivity contribution in [3.8, 4) is 5.88 Å². The highest BCUT2D eigenvalue weighted by molar-refractivity contribution is 5.32. The minimum atomic E-state index is 0.159. The lowest BCUT2D eigenvalue weighted by Gasteiger charge is -2.09. The molecule has 0 atom stereocenters. The number of aromatic nitrogens is 1. The average Bonchev–Trinajstić information content (AvgIpc) is 2.21. The number of aliphatic hydroxyl groups is 1. The highest BCUT2D eigenvalue weighted by Crippen LogP contribution is 2.18. The van der Waals surface area contributed by atoms with Crippen LogP contribution in [0.5, 0.6) is 5.88 Å². The Kier molecular flexibility index (Phi) is 4.40. The van der Waals surface area contributed by atoms with Crippen LogP contribution in [0.4, 0.5) is 0 Å². The van der Waals surface area contributed by atoms with Crippen LogP contribution in [0.25, 0.3) is 0 Å². The van der Waals surface area contributed by atoms with Crippen LogP contribution in [0.2, 0.25) is 0 Å². The smallest absolute Gasteiger partial charge is 0.216 e. The molecule has 3 nitrogen and oxygen atoms in total. The van der Waals surface area contributed by atoms with Crippen molar-refractivity contribution in [3.63, 3.8) is 0 Å². The predicted molar refractivity (Wildman–Crippen MR) is 55.5 cm³/mol. The van der Waals surface area contributed by atoms with Gasteiger partial charge in [0.2, 0.25) is 5.88 Å². The summed E-state index contributed by atoms with van der Waals surface area (Å²) >= 11 is 0. The second kappa shape index (κ2) is 5.60. The van der Waals surface area contributed by atoms with Gasteiger partial charge in [-0.2, -0.15) is 0 Å². The second-order valence-corrected chi connectivity index (χ2v) is 3.18. The van der Waals surface area contributed by atoms with Crippen molar-refractivity contribution in [1.82, 2.24) is 4.98 Å². The van der Waals surface area contributed by atoms with Gasteiger partial charge in [0.1, 0.15) is 0 Å². The monoisotopic (exact) mass is 195 g/mol. The van der Waals surface area contributed by atoms with E-state index in [2.05, 4.69) is 11.9 Å². The molecule has 1 heterocycles. The summed E-state index contributed by atoms with van der Waals surface area (Å²) in [5, 5.41) is 8.61. The molecule has 0 aromatic carbocycles. The predicted octanol–water partition coefficient (Wildman–Crippen LogP) is 1.71. The molecule has 0 saturated heterocycles. The molecular weight excluding hydrogens is 178 g/mol. The van der Waals surface area contributed by atoms with Crippen LogP contribution in [0.15, 0.2) is 12.3 Å². The number of ether oxygens (including phenoxy) is 1. The Bertz CT molecular complexity index is 287. The van der Waals surface area contributed by atoms with Gasteiger partial charge in [0, 0.05) is 24.8 Å². The number of hydrogen-bond donors (Lipinski definition) is 1. The normalized spacial score (nSPS) is 10.2. The maximum atomic E-state index is 8.61. The van der Waals surface area contributed by atoms with Crippen LogP contribution in [0.3, 0.4) is 0 Å². The van der Waals surface area contributed by atoms with Crippen LogP contribution < -0.4 is 4.74 Å². The largest absolute Gasteiger partial charge is 0.477 e. The van der Waals surface area contributed by atoms with Crippen molar-refractivity contribution < 1.29 is 9.84 Å². The average molecular weight is 195 g/mol. The zero-order valence-corrected chi connectivity index (χ0v) is 8.79. The standard InChI is InChI=1S/C11H17NO2/c1-3-10-5-6-12-11(9(10)2)14-8-4-7-13/h5-6,13H,3-4,7-8H2,1-2H3. The van der Waals surface area contributed by atoms with Gasteiger partial charge in [0.15, 0.2) is 0 Å². The van der Waals surface area contributed by atoms with Crippen LogP contribution >= 0.6 is 0 Å². The second-order valence-electron chi connectivity index (χ2n) is 3.18. The van der Waals surface area contributed by atoms with Gasteiger partial charge in [-0.3, -0.25) is 0 Å². The van der Waals surface area contributed by atoms with Gasteiger partial charge in [-0.15, -0.1) is 0 Å². The first kappa shape index (κ1) is 11.0. The Labute approximate surface area is 84.7 Å². The Morgan fingerprint density at radius 1 is 1.50 bits per heavy atom. The molecular formula is C11H17NO2. The van der Waals surface area contributed by atoms with Crippen molar-refractivity contribution in [2.24, 2.45) is 0 Å². The third kappa shape index (κ3) is 2.70. The van der Waals surface area contributed by atoms with E-state index >= 15 is 0 Å². The molecule has 0 aliphatic carbocycles. The van der Waals surface area contributed by atoms with E-state index in [0.29, 0.717) is 18.9 Å². The molecule has 0 bridgehead atoms. The zero-order valence-electron chi connectivity index (χ0n) is 8.79. The quantitative estimate of drug-likeness (QED) is 0.727. The van der Waals surface area contributed by atoms with Crippen molar-refractivity contribution in [3.05, 3.63) is 23.4 Å². The van der Waals surface area contributed by atoms with Crippen molar-refractivity contribution in [1.29, 1.82) is 0 Å². The van der Waals surface area contributed by atoms with Gasteiger partial charge in [0.25, 0.3) is 0 Å². The molecule has 0 unspecified atom stereocenters. The molecule has 0 aliphatic rings. The number of hydrogen-bond acceptors (Lipinski definition) is 3. The van der Waals surface area contributed by atoms with Gasteiger partial charge in [-0.05, 0) is 25.0 Å². The Morgan fingerprint density at radius 3 is 2.93 bits per heavy atom. The van der Waals surface area contributed by atoms with E-state index in [9.17, 15) is 0 Å². The lowest BCUT2D eigenvalue weighted by atomic mass is 10.1. The summed E-state index contributed by atoms with van der Waals surface area (Å²) in [6.07, 6.45) is 3.41. The highest BCUT2D eigenvalue weighted by Gasteiger charge is 2.04. The lowest BCUT2D eigenvalue weighted by Crippen LogP contribution is -2.03. The number of pyridine rings is 1. The van der Waals surface area contributed by atoms with Crippen molar-refractivity contribution >= 4 is 0 Å². The minimum Gasteiger partial charge on any atom is -0.477 e.